The number of furan rings is 1. The summed E-state index contributed by atoms with van der Waals surface area (Å²) in [7, 11) is 0. The van der Waals surface area contributed by atoms with Crippen molar-refractivity contribution in [2.45, 2.75) is 19.8 Å². The first-order chi connectivity index (χ1) is 10.2. The SMILES string of the molecule is Cc1cc(C(c2ccccc2)c2ccco2)cc(C)c1N. The molecule has 1 heterocycles. The Balaban J connectivity index is 2.17. The smallest absolute Gasteiger partial charge is 0.115 e. The number of anilines is 1. The van der Waals surface area contributed by atoms with Gasteiger partial charge < -0.3 is 10.2 Å². The molecule has 2 nitrogen and oxygen atoms in total. The van der Waals surface area contributed by atoms with Crippen molar-refractivity contribution in [3.63, 3.8) is 0 Å². The Bertz CT molecular complexity index is 707. The zero-order chi connectivity index (χ0) is 14.8. The first-order valence-electron chi connectivity index (χ1n) is 7.12. The molecule has 0 aliphatic rings. The first-order valence-corrected chi connectivity index (χ1v) is 7.12. The summed E-state index contributed by atoms with van der Waals surface area (Å²) in [5.74, 6) is 1.05. The van der Waals surface area contributed by atoms with E-state index in [4.69, 9.17) is 10.2 Å². The van der Waals surface area contributed by atoms with E-state index in [0.29, 0.717) is 0 Å². The summed E-state index contributed by atoms with van der Waals surface area (Å²) in [6.45, 7) is 4.10. The molecule has 0 bridgehead atoms. The Hall–Kier alpha value is -2.48. The maximum absolute atomic E-state index is 6.08. The van der Waals surface area contributed by atoms with Gasteiger partial charge in [-0.2, -0.15) is 0 Å². The Labute approximate surface area is 125 Å². The van der Waals surface area contributed by atoms with Gasteiger partial charge in [0.1, 0.15) is 5.76 Å². The van der Waals surface area contributed by atoms with E-state index in [1.807, 2.05) is 18.2 Å². The fourth-order valence-corrected chi connectivity index (χ4v) is 2.80. The quantitative estimate of drug-likeness (QED) is 0.707. The van der Waals surface area contributed by atoms with Gasteiger partial charge in [0.05, 0.1) is 12.2 Å². The topological polar surface area (TPSA) is 39.2 Å². The number of nitrogen functional groups attached to an aromatic ring is 1. The van der Waals surface area contributed by atoms with Gasteiger partial charge in [0.15, 0.2) is 0 Å². The predicted octanol–water partition coefficient (Wildman–Crippen LogP) is 4.66. The molecule has 3 aromatic rings. The largest absolute Gasteiger partial charge is 0.468 e. The van der Waals surface area contributed by atoms with Crippen LogP contribution in [0.2, 0.25) is 0 Å². The lowest BCUT2D eigenvalue weighted by Gasteiger charge is -2.18. The fourth-order valence-electron chi connectivity index (χ4n) is 2.80. The van der Waals surface area contributed by atoms with Crippen LogP contribution >= 0.6 is 0 Å². The second kappa shape index (κ2) is 5.49. The fraction of sp³-hybridized carbons (Fsp3) is 0.158. The van der Waals surface area contributed by atoms with Gasteiger partial charge in [-0.05, 0) is 48.2 Å². The van der Waals surface area contributed by atoms with E-state index in [-0.39, 0.29) is 5.92 Å². The molecule has 3 rings (SSSR count). The summed E-state index contributed by atoms with van der Waals surface area (Å²) < 4.78 is 5.68. The second-order valence-corrected chi connectivity index (χ2v) is 5.43. The van der Waals surface area contributed by atoms with Crippen LogP contribution < -0.4 is 5.73 Å². The minimum Gasteiger partial charge on any atom is -0.468 e. The molecule has 0 saturated carbocycles. The summed E-state index contributed by atoms with van der Waals surface area (Å²) in [6.07, 6.45) is 1.72. The molecule has 0 fully saturated rings. The average molecular weight is 277 g/mol. The third kappa shape index (κ3) is 2.57. The standard InChI is InChI=1S/C19H19NO/c1-13-11-16(12-14(2)19(13)20)18(17-9-6-10-21-17)15-7-4-3-5-8-15/h3-12,18H,20H2,1-2H3. The van der Waals surface area contributed by atoms with E-state index in [2.05, 4.69) is 50.2 Å². The zero-order valence-electron chi connectivity index (χ0n) is 12.3. The molecule has 2 aromatic carbocycles. The third-order valence-electron chi connectivity index (χ3n) is 3.91. The summed E-state index contributed by atoms with van der Waals surface area (Å²) in [6, 6.07) is 18.7. The van der Waals surface area contributed by atoms with E-state index in [1.54, 1.807) is 6.26 Å². The number of rotatable bonds is 3. The first kappa shape index (κ1) is 13.5. The molecule has 0 aliphatic carbocycles. The number of aryl methyl sites for hydroxylation is 2. The number of hydrogen-bond acceptors (Lipinski definition) is 2. The summed E-state index contributed by atoms with van der Waals surface area (Å²) >= 11 is 0. The monoisotopic (exact) mass is 277 g/mol. The van der Waals surface area contributed by atoms with Crippen LogP contribution in [0.4, 0.5) is 5.69 Å². The van der Waals surface area contributed by atoms with E-state index in [0.717, 1.165) is 22.6 Å². The molecule has 1 unspecified atom stereocenters. The zero-order valence-corrected chi connectivity index (χ0v) is 12.3. The summed E-state index contributed by atoms with van der Waals surface area (Å²) in [4.78, 5) is 0. The van der Waals surface area contributed by atoms with Crippen molar-refractivity contribution in [2.75, 3.05) is 5.73 Å². The van der Waals surface area contributed by atoms with E-state index in [1.165, 1.54) is 11.1 Å². The second-order valence-electron chi connectivity index (χ2n) is 5.43. The van der Waals surface area contributed by atoms with Crippen molar-refractivity contribution in [3.05, 3.63) is 88.9 Å². The molecule has 0 aliphatic heterocycles. The molecule has 2 heteroatoms. The van der Waals surface area contributed by atoms with Crippen molar-refractivity contribution in [2.24, 2.45) is 0 Å². The van der Waals surface area contributed by atoms with Gasteiger partial charge in [-0.15, -0.1) is 0 Å². The molecule has 2 N–H and O–H groups in total. The van der Waals surface area contributed by atoms with Crippen molar-refractivity contribution in [1.29, 1.82) is 0 Å². The normalized spacial score (nSPS) is 12.3. The van der Waals surface area contributed by atoms with Crippen LogP contribution in [0, 0.1) is 13.8 Å². The van der Waals surface area contributed by atoms with Crippen molar-refractivity contribution >= 4 is 5.69 Å². The number of nitrogens with two attached hydrogens (primary N) is 1. The predicted molar refractivity (Wildman–Crippen MR) is 86.4 cm³/mol. The Morgan fingerprint density at radius 1 is 0.857 bits per heavy atom. The van der Waals surface area contributed by atoms with Crippen LogP contribution in [0.5, 0.6) is 0 Å². The van der Waals surface area contributed by atoms with Gasteiger partial charge in [-0.1, -0.05) is 42.5 Å². The van der Waals surface area contributed by atoms with Gasteiger partial charge in [0, 0.05) is 5.69 Å². The highest BCUT2D eigenvalue weighted by Crippen LogP contribution is 2.34. The third-order valence-corrected chi connectivity index (χ3v) is 3.91. The molecule has 0 amide bonds. The molecule has 21 heavy (non-hydrogen) atoms. The maximum atomic E-state index is 6.08. The Morgan fingerprint density at radius 2 is 1.52 bits per heavy atom. The van der Waals surface area contributed by atoms with Gasteiger partial charge >= 0.3 is 0 Å². The molecule has 0 spiro atoms. The summed E-state index contributed by atoms with van der Waals surface area (Å²) in [5, 5.41) is 0. The van der Waals surface area contributed by atoms with Gasteiger partial charge in [0.2, 0.25) is 0 Å². The Morgan fingerprint density at radius 3 is 2.10 bits per heavy atom. The molecular formula is C19H19NO. The summed E-state index contributed by atoms with van der Waals surface area (Å²) in [5.41, 5.74) is 11.6. The average Bonchev–Trinajstić information content (AvgIpc) is 3.00. The lowest BCUT2D eigenvalue weighted by molar-refractivity contribution is 0.503. The molecule has 1 atom stereocenters. The minimum atomic E-state index is 0.0965. The number of benzene rings is 2. The van der Waals surface area contributed by atoms with Crippen molar-refractivity contribution < 1.29 is 4.42 Å². The van der Waals surface area contributed by atoms with Crippen LogP contribution in [-0.2, 0) is 0 Å². The highest BCUT2D eigenvalue weighted by atomic mass is 16.3. The van der Waals surface area contributed by atoms with E-state index < -0.39 is 0 Å². The number of hydrogen-bond donors (Lipinski definition) is 1. The van der Waals surface area contributed by atoms with E-state index >= 15 is 0 Å². The van der Waals surface area contributed by atoms with Crippen LogP contribution in [0.15, 0.2) is 65.3 Å². The van der Waals surface area contributed by atoms with Crippen LogP contribution in [0.3, 0.4) is 0 Å². The van der Waals surface area contributed by atoms with Gasteiger partial charge in [0.25, 0.3) is 0 Å². The maximum Gasteiger partial charge on any atom is 0.115 e. The van der Waals surface area contributed by atoms with Crippen LogP contribution in [-0.4, -0.2) is 0 Å². The molecule has 1 aromatic heterocycles. The highest BCUT2D eigenvalue weighted by molar-refractivity contribution is 5.56. The molecule has 0 saturated heterocycles. The van der Waals surface area contributed by atoms with Crippen LogP contribution in [0.25, 0.3) is 0 Å². The van der Waals surface area contributed by atoms with Crippen LogP contribution in [0.1, 0.15) is 33.9 Å². The van der Waals surface area contributed by atoms with E-state index in [9.17, 15) is 0 Å². The minimum absolute atomic E-state index is 0.0965. The molecule has 0 radical (unpaired) electrons. The lowest BCUT2D eigenvalue weighted by Crippen LogP contribution is -2.05. The highest BCUT2D eigenvalue weighted by Gasteiger charge is 2.20. The van der Waals surface area contributed by atoms with Gasteiger partial charge in [-0.25, -0.2) is 0 Å². The molecular weight excluding hydrogens is 258 g/mol. The van der Waals surface area contributed by atoms with Gasteiger partial charge in [-0.3, -0.25) is 0 Å². The lowest BCUT2D eigenvalue weighted by atomic mass is 9.87. The van der Waals surface area contributed by atoms with Crippen molar-refractivity contribution in [1.82, 2.24) is 0 Å². The Kier molecular flexibility index (Phi) is 3.53. The molecule has 106 valence electrons. The van der Waals surface area contributed by atoms with Crippen molar-refractivity contribution in [3.8, 4) is 0 Å².